The highest BCUT2D eigenvalue weighted by atomic mass is 16.1. The summed E-state index contributed by atoms with van der Waals surface area (Å²) in [5.41, 5.74) is 0. The van der Waals surface area contributed by atoms with E-state index in [-0.39, 0.29) is 0 Å². The minimum Gasteiger partial charge on any atom is -0.302 e. The SMILES string of the molecule is C#CCC1CCN(CC=O)CC1. The molecular formula is C10H15NO. The molecule has 1 saturated heterocycles. The Hall–Kier alpha value is -0.810. The van der Waals surface area contributed by atoms with E-state index in [2.05, 4.69) is 10.8 Å². The maximum Gasteiger partial charge on any atom is 0.133 e. The maximum absolute atomic E-state index is 10.2. The average molecular weight is 165 g/mol. The van der Waals surface area contributed by atoms with Crippen LogP contribution in [0.2, 0.25) is 0 Å². The van der Waals surface area contributed by atoms with E-state index in [0.717, 1.165) is 38.6 Å². The molecule has 1 rings (SSSR count). The minimum absolute atomic E-state index is 0.586. The van der Waals surface area contributed by atoms with Crippen LogP contribution in [0.5, 0.6) is 0 Å². The van der Waals surface area contributed by atoms with Crippen molar-refractivity contribution in [1.29, 1.82) is 0 Å². The van der Waals surface area contributed by atoms with Gasteiger partial charge in [-0.3, -0.25) is 4.90 Å². The maximum atomic E-state index is 10.2. The van der Waals surface area contributed by atoms with Gasteiger partial charge in [-0.15, -0.1) is 12.3 Å². The van der Waals surface area contributed by atoms with Crippen molar-refractivity contribution in [3.05, 3.63) is 0 Å². The molecule has 0 aromatic rings. The van der Waals surface area contributed by atoms with Gasteiger partial charge in [-0.1, -0.05) is 0 Å². The summed E-state index contributed by atoms with van der Waals surface area (Å²) >= 11 is 0. The quantitative estimate of drug-likeness (QED) is 0.458. The Morgan fingerprint density at radius 1 is 1.50 bits per heavy atom. The molecule has 1 aliphatic rings. The summed E-state index contributed by atoms with van der Waals surface area (Å²) < 4.78 is 0. The summed E-state index contributed by atoms with van der Waals surface area (Å²) in [6.07, 6.45) is 9.41. The molecular weight excluding hydrogens is 150 g/mol. The van der Waals surface area contributed by atoms with E-state index in [1.54, 1.807) is 0 Å². The van der Waals surface area contributed by atoms with Gasteiger partial charge in [-0.05, 0) is 31.8 Å². The van der Waals surface area contributed by atoms with E-state index >= 15 is 0 Å². The van der Waals surface area contributed by atoms with Crippen molar-refractivity contribution in [1.82, 2.24) is 4.90 Å². The lowest BCUT2D eigenvalue weighted by molar-refractivity contribution is -0.109. The summed E-state index contributed by atoms with van der Waals surface area (Å²) in [6, 6.07) is 0. The number of hydrogen-bond acceptors (Lipinski definition) is 2. The van der Waals surface area contributed by atoms with Crippen molar-refractivity contribution in [2.45, 2.75) is 19.3 Å². The molecule has 2 heteroatoms. The number of rotatable bonds is 3. The fraction of sp³-hybridized carbons (Fsp3) is 0.700. The molecule has 1 aliphatic heterocycles. The Morgan fingerprint density at radius 2 is 2.17 bits per heavy atom. The number of hydrogen-bond donors (Lipinski definition) is 0. The Kier molecular flexibility index (Phi) is 3.83. The first-order valence-electron chi connectivity index (χ1n) is 4.46. The average Bonchev–Trinajstić information content (AvgIpc) is 2.09. The molecule has 12 heavy (non-hydrogen) atoms. The van der Waals surface area contributed by atoms with E-state index in [4.69, 9.17) is 6.42 Å². The van der Waals surface area contributed by atoms with Crippen LogP contribution in [0.4, 0.5) is 0 Å². The van der Waals surface area contributed by atoms with Crippen molar-refractivity contribution >= 4 is 6.29 Å². The molecule has 0 atom stereocenters. The minimum atomic E-state index is 0.586. The van der Waals surface area contributed by atoms with Crippen molar-refractivity contribution in [2.75, 3.05) is 19.6 Å². The standard InChI is InChI=1S/C10H15NO/c1-2-3-10-4-6-11(7-5-10)8-9-12/h1,9-10H,3-8H2. The molecule has 0 unspecified atom stereocenters. The Morgan fingerprint density at radius 3 is 2.67 bits per heavy atom. The fourth-order valence-electron chi connectivity index (χ4n) is 1.65. The van der Waals surface area contributed by atoms with E-state index in [1.165, 1.54) is 0 Å². The lowest BCUT2D eigenvalue weighted by atomic mass is 9.94. The molecule has 0 aliphatic carbocycles. The molecule has 2 nitrogen and oxygen atoms in total. The second-order valence-corrected chi connectivity index (χ2v) is 3.32. The van der Waals surface area contributed by atoms with Crippen LogP contribution < -0.4 is 0 Å². The Bertz CT molecular complexity index is 175. The second-order valence-electron chi connectivity index (χ2n) is 3.32. The highest BCUT2D eigenvalue weighted by Gasteiger charge is 2.17. The van der Waals surface area contributed by atoms with Gasteiger partial charge >= 0.3 is 0 Å². The van der Waals surface area contributed by atoms with Gasteiger partial charge in [0.05, 0.1) is 6.54 Å². The highest BCUT2D eigenvalue weighted by Crippen LogP contribution is 2.18. The predicted molar refractivity (Wildman–Crippen MR) is 48.7 cm³/mol. The first kappa shape index (κ1) is 9.28. The lowest BCUT2D eigenvalue weighted by Crippen LogP contribution is -2.34. The molecule has 66 valence electrons. The molecule has 0 amide bonds. The molecule has 0 bridgehead atoms. The number of nitrogens with zero attached hydrogens (tertiary/aromatic N) is 1. The van der Waals surface area contributed by atoms with Crippen LogP contribution in [0, 0.1) is 18.3 Å². The smallest absolute Gasteiger partial charge is 0.133 e. The molecule has 0 radical (unpaired) electrons. The first-order chi connectivity index (χ1) is 5.86. The fourth-order valence-corrected chi connectivity index (χ4v) is 1.65. The zero-order valence-corrected chi connectivity index (χ0v) is 7.33. The van der Waals surface area contributed by atoms with Gasteiger partial charge < -0.3 is 4.79 Å². The highest BCUT2D eigenvalue weighted by molar-refractivity contribution is 5.51. The molecule has 0 aromatic heterocycles. The number of carbonyl (C=O) groups excluding carboxylic acids is 1. The normalized spacial score (nSPS) is 20.2. The number of piperidine rings is 1. The molecule has 1 fully saturated rings. The third-order valence-corrected chi connectivity index (χ3v) is 2.45. The summed E-state index contributed by atoms with van der Waals surface area (Å²) in [5.74, 6) is 3.39. The van der Waals surface area contributed by atoms with Gasteiger partial charge in [0.1, 0.15) is 6.29 Å². The molecule has 0 aromatic carbocycles. The van der Waals surface area contributed by atoms with Crippen LogP contribution in [0.15, 0.2) is 0 Å². The van der Waals surface area contributed by atoms with Gasteiger partial charge in [0.25, 0.3) is 0 Å². The Balaban J connectivity index is 2.21. The monoisotopic (exact) mass is 165 g/mol. The van der Waals surface area contributed by atoms with Crippen molar-refractivity contribution in [2.24, 2.45) is 5.92 Å². The number of aldehydes is 1. The zero-order valence-electron chi connectivity index (χ0n) is 7.33. The largest absolute Gasteiger partial charge is 0.302 e. The Labute approximate surface area is 73.9 Å². The van der Waals surface area contributed by atoms with Gasteiger partial charge in [0.2, 0.25) is 0 Å². The summed E-state index contributed by atoms with van der Waals surface area (Å²) in [5, 5.41) is 0. The molecule has 0 N–H and O–H groups in total. The number of carbonyl (C=O) groups is 1. The number of terminal acetylenes is 1. The van der Waals surface area contributed by atoms with Gasteiger partial charge in [-0.2, -0.15) is 0 Å². The molecule has 0 spiro atoms. The summed E-state index contributed by atoms with van der Waals surface area (Å²) in [4.78, 5) is 12.4. The lowest BCUT2D eigenvalue weighted by Gasteiger charge is -2.29. The van der Waals surface area contributed by atoms with E-state index in [0.29, 0.717) is 12.5 Å². The molecule has 0 saturated carbocycles. The van der Waals surface area contributed by atoms with E-state index < -0.39 is 0 Å². The predicted octanol–water partition coefficient (Wildman–Crippen LogP) is 0.921. The van der Waals surface area contributed by atoms with Crippen LogP contribution in [-0.2, 0) is 4.79 Å². The number of likely N-dealkylation sites (tertiary alicyclic amines) is 1. The van der Waals surface area contributed by atoms with Gasteiger partial charge in [0, 0.05) is 6.42 Å². The molecule has 1 heterocycles. The van der Waals surface area contributed by atoms with Gasteiger partial charge in [0.15, 0.2) is 0 Å². The van der Waals surface area contributed by atoms with Crippen molar-refractivity contribution < 1.29 is 4.79 Å². The van der Waals surface area contributed by atoms with Crippen LogP contribution in [0.3, 0.4) is 0 Å². The van der Waals surface area contributed by atoms with Crippen molar-refractivity contribution in [3.63, 3.8) is 0 Å². The van der Waals surface area contributed by atoms with Crippen LogP contribution in [-0.4, -0.2) is 30.8 Å². The van der Waals surface area contributed by atoms with Crippen LogP contribution in [0.25, 0.3) is 0 Å². The second kappa shape index (κ2) is 4.95. The first-order valence-corrected chi connectivity index (χ1v) is 4.46. The van der Waals surface area contributed by atoms with Gasteiger partial charge in [-0.25, -0.2) is 0 Å². The van der Waals surface area contributed by atoms with Crippen LogP contribution >= 0.6 is 0 Å². The topological polar surface area (TPSA) is 20.3 Å². The van der Waals surface area contributed by atoms with Crippen LogP contribution in [0.1, 0.15) is 19.3 Å². The third-order valence-electron chi connectivity index (χ3n) is 2.45. The van der Waals surface area contributed by atoms with E-state index in [9.17, 15) is 4.79 Å². The third kappa shape index (κ3) is 2.67. The summed E-state index contributed by atoms with van der Waals surface area (Å²) in [6.45, 7) is 2.65. The zero-order chi connectivity index (χ0) is 8.81. The summed E-state index contributed by atoms with van der Waals surface area (Å²) in [7, 11) is 0. The van der Waals surface area contributed by atoms with E-state index in [1.807, 2.05) is 0 Å². The van der Waals surface area contributed by atoms with Crippen molar-refractivity contribution in [3.8, 4) is 12.3 Å².